The molecule has 0 aromatic carbocycles. The fourth-order valence-electron chi connectivity index (χ4n) is 1.06. The molecular weight excluding hydrogens is 196 g/mol. The Morgan fingerprint density at radius 1 is 1.36 bits per heavy atom. The number of rotatable bonds is 1. The van der Waals surface area contributed by atoms with Crippen molar-refractivity contribution in [1.82, 2.24) is 20.2 Å². The van der Waals surface area contributed by atoms with Gasteiger partial charge in [-0.25, -0.2) is 4.98 Å². The first-order chi connectivity index (χ1) is 6.57. The first-order valence-electron chi connectivity index (χ1n) is 4.40. The average Bonchev–Trinajstić information content (AvgIpc) is 2.73. The van der Waals surface area contributed by atoms with Crippen LogP contribution in [0.25, 0.3) is 11.5 Å². The second kappa shape index (κ2) is 3.16. The quantitative estimate of drug-likeness (QED) is 0.781. The third-order valence-corrected chi connectivity index (χ3v) is 3.07. The fraction of sp³-hybridized carbons (Fsp3) is 0.444. The Bertz CT molecular complexity index is 410. The van der Waals surface area contributed by atoms with Gasteiger partial charge >= 0.3 is 0 Å². The molecule has 14 heavy (non-hydrogen) atoms. The molecule has 0 saturated carbocycles. The Kier molecular flexibility index (Phi) is 2.11. The Balaban J connectivity index is 2.36. The molecule has 0 fully saturated rings. The zero-order chi connectivity index (χ0) is 10.2. The summed E-state index contributed by atoms with van der Waals surface area (Å²) in [5.41, 5.74) is 0.973. The zero-order valence-electron chi connectivity index (χ0n) is 8.40. The van der Waals surface area contributed by atoms with Crippen LogP contribution in [0.4, 0.5) is 0 Å². The normalized spacial score (nSPS) is 11.9. The lowest BCUT2D eigenvalue weighted by Gasteiger charge is -2.13. The van der Waals surface area contributed by atoms with Crippen LogP contribution in [0.3, 0.4) is 0 Å². The summed E-state index contributed by atoms with van der Waals surface area (Å²) in [5.74, 6) is 0.733. The molecule has 5 heteroatoms. The van der Waals surface area contributed by atoms with E-state index in [1.165, 1.54) is 0 Å². The molecule has 1 N–H and O–H groups in total. The summed E-state index contributed by atoms with van der Waals surface area (Å²) in [6.07, 6.45) is 1.56. The predicted molar refractivity (Wildman–Crippen MR) is 56.2 cm³/mol. The molecule has 0 aliphatic rings. The highest BCUT2D eigenvalue weighted by Gasteiger charge is 2.18. The van der Waals surface area contributed by atoms with Crippen molar-refractivity contribution in [3.05, 3.63) is 16.7 Å². The van der Waals surface area contributed by atoms with Gasteiger partial charge in [0.25, 0.3) is 0 Å². The van der Waals surface area contributed by atoms with Crippen LogP contribution in [0.2, 0.25) is 0 Å². The maximum absolute atomic E-state index is 4.51. The molecule has 2 rings (SSSR count). The highest BCUT2D eigenvalue weighted by Crippen LogP contribution is 2.28. The maximum Gasteiger partial charge on any atom is 0.180 e. The van der Waals surface area contributed by atoms with Crippen LogP contribution < -0.4 is 0 Å². The van der Waals surface area contributed by atoms with Crippen LogP contribution >= 0.6 is 11.3 Å². The maximum atomic E-state index is 4.51. The molecule has 0 unspecified atom stereocenters. The number of nitrogens with one attached hydrogen (secondary N) is 1. The van der Waals surface area contributed by atoms with Gasteiger partial charge in [-0.15, -0.1) is 21.5 Å². The molecule has 0 radical (unpaired) electrons. The minimum atomic E-state index is 0.100. The Morgan fingerprint density at radius 3 is 2.64 bits per heavy atom. The van der Waals surface area contributed by atoms with E-state index in [4.69, 9.17) is 0 Å². The smallest absolute Gasteiger partial charge is 0.180 e. The topological polar surface area (TPSA) is 54.5 Å². The third-order valence-electron chi connectivity index (χ3n) is 1.81. The van der Waals surface area contributed by atoms with Gasteiger partial charge in [-0.1, -0.05) is 20.8 Å². The first kappa shape index (κ1) is 9.33. The summed E-state index contributed by atoms with van der Waals surface area (Å²) in [6.45, 7) is 6.45. The van der Waals surface area contributed by atoms with Crippen LogP contribution in [0.5, 0.6) is 0 Å². The fourth-order valence-corrected chi connectivity index (χ4v) is 1.95. The van der Waals surface area contributed by atoms with Crippen LogP contribution in [0, 0.1) is 0 Å². The van der Waals surface area contributed by atoms with Gasteiger partial charge < -0.3 is 4.98 Å². The number of H-pyrrole nitrogens is 1. The Hall–Kier alpha value is -1.23. The zero-order valence-corrected chi connectivity index (χ0v) is 9.22. The van der Waals surface area contributed by atoms with E-state index >= 15 is 0 Å². The van der Waals surface area contributed by atoms with E-state index in [-0.39, 0.29) is 5.41 Å². The van der Waals surface area contributed by atoms with Crippen molar-refractivity contribution in [1.29, 1.82) is 0 Å². The number of aromatic amines is 1. The van der Waals surface area contributed by atoms with Crippen molar-refractivity contribution in [3.63, 3.8) is 0 Å². The molecule has 2 aromatic rings. The van der Waals surface area contributed by atoms with Crippen molar-refractivity contribution in [2.24, 2.45) is 0 Å². The number of hydrogen-bond donors (Lipinski definition) is 1. The summed E-state index contributed by atoms with van der Waals surface area (Å²) in [4.78, 5) is 7.45. The summed E-state index contributed by atoms with van der Waals surface area (Å²) in [6, 6.07) is 0. The number of thiazole rings is 1. The van der Waals surface area contributed by atoms with E-state index in [1.54, 1.807) is 17.7 Å². The van der Waals surface area contributed by atoms with E-state index < -0.39 is 0 Å². The molecule has 4 nitrogen and oxygen atoms in total. The molecule has 74 valence electrons. The van der Waals surface area contributed by atoms with Gasteiger partial charge in [0.2, 0.25) is 0 Å². The molecule has 0 spiro atoms. The predicted octanol–water partition coefficient (Wildman–Crippen LogP) is 2.23. The Labute approximate surface area is 86.4 Å². The van der Waals surface area contributed by atoms with Gasteiger partial charge in [-0.2, -0.15) is 0 Å². The molecule has 0 atom stereocenters. The summed E-state index contributed by atoms with van der Waals surface area (Å²) < 4.78 is 0. The van der Waals surface area contributed by atoms with Crippen molar-refractivity contribution in [2.45, 2.75) is 26.2 Å². The van der Waals surface area contributed by atoms with Gasteiger partial charge in [0.1, 0.15) is 12.0 Å². The van der Waals surface area contributed by atoms with E-state index in [9.17, 15) is 0 Å². The highest BCUT2D eigenvalue weighted by atomic mass is 32.1. The van der Waals surface area contributed by atoms with Crippen molar-refractivity contribution in [2.75, 3.05) is 0 Å². The molecule has 2 heterocycles. The van der Waals surface area contributed by atoms with E-state index in [0.717, 1.165) is 16.5 Å². The summed E-state index contributed by atoms with van der Waals surface area (Å²) in [5, 5.41) is 10.8. The molecule has 0 aliphatic carbocycles. The third kappa shape index (κ3) is 1.68. The lowest BCUT2D eigenvalue weighted by molar-refractivity contribution is 0.586. The van der Waals surface area contributed by atoms with Gasteiger partial charge in [-0.3, -0.25) is 0 Å². The van der Waals surface area contributed by atoms with Gasteiger partial charge in [0, 0.05) is 10.8 Å². The molecule has 2 aromatic heterocycles. The van der Waals surface area contributed by atoms with Gasteiger partial charge in [0.15, 0.2) is 5.82 Å². The average molecular weight is 208 g/mol. The minimum Gasteiger partial charge on any atom is -0.326 e. The second-order valence-electron chi connectivity index (χ2n) is 4.13. The van der Waals surface area contributed by atoms with Crippen molar-refractivity contribution in [3.8, 4) is 11.5 Å². The van der Waals surface area contributed by atoms with E-state index in [2.05, 4.69) is 40.9 Å². The lowest BCUT2D eigenvalue weighted by atomic mass is 9.98. The molecule has 0 bridgehead atoms. The van der Waals surface area contributed by atoms with Crippen LogP contribution in [0.1, 0.15) is 25.8 Å². The van der Waals surface area contributed by atoms with Crippen LogP contribution in [0.15, 0.2) is 11.7 Å². The molecular formula is C9H12N4S. The minimum absolute atomic E-state index is 0.100. The number of aromatic nitrogens is 4. The largest absolute Gasteiger partial charge is 0.326 e. The number of nitrogens with zero attached hydrogens (tertiary/aromatic N) is 3. The number of hydrogen-bond acceptors (Lipinski definition) is 4. The van der Waals surface area contributed by atoms with E-state index in [0.29, 0.717) is 0 Å². The van der Waals surface area contributed by atoms with Crippen molar-refractivity contribution >= 4 is 11.3 Å². The highest BCUT2D eigenvalue weighted by molar-refractivity contribution is 7.10. The van der Waals surface area contributed by atoms with Crippen LogP contribution in [-0.4, -0.2) is 20.2 Å². The lowest BCUT2D eigenvalue weighted by Crippen LogP contribution is -2.10. The second-order valence-corrected chi connectivity index (χ2v) is 4.98. The van der Waals surface area contributed by atoms with E-state index in [1.807, 2.05) is 5.38 Å². The first-order valence-corrected chi connectivity index (χ1v) is 5.28. The van der Waals surface area contributed by atoms with Gasteiger partial charge in [-0.05, 0) is 0 Å². The molecule has 0 saturated heterocycles. The van der Waals surface area contributed by atoms with Gasteiger partial charge in [0.05, 0.1) is 5.01 Å². The summed E-state index contributed by atoms with van der Waals surface area (Å²) >= 11 is 1.66. The molecule has 0 amide bonds. The van der Waals surface area contributed by atoms with Crippen molar-refractivity contribution < 1.29 is 0 Å². The monoisotopic (exact) mass is 208 g/mol. The SMILES string of the molecule is CC(C)(C)c1nc(-c2nnc[nH]2)cs1. The summed E-state index contributed by atoms with van der Waals surface area (Å²) in [7, 11) is 0. The standard InChI is InChI=1S/C9H12N4S/c1-9(2,3)8-12-6(4-14-8)7-10-5-11-13-7/h4-5H,1-3H3,(H,10,11,13). The molecule has 0 aliphatic heterocycles. The Morgan fingerprint density at radius 2 is 2.14 bits per heavy atom. The van der Waals surface area contributed by atoms with Crippen LogP contribution in [-0.2, 0) is 5.41 Å².